The Kier molecular flexibility index (Phi) is 4.50. The van der Waals surface area contributed by atoms with Crippen LogP contribution in [0.25, 0.3) is 0 Å². The van der Waals surface area contributed by atoms with Crippen LogP contribution < -0.4 is 5.32 Å². The van der Waals surface area contributed by atoms with Gasteiger partial charge in [-0.2, -0.15) is 5.10 Å². The van der Waals surface area contributed by atoms with Crippen molar-refractivity contribution < 1.29 is 4.79 Å². The van der Waals surface area contributed by atoms with Gasteiger partial charge < -0.3 is 5.32 Å². The van der Waals surface area contributed by atoms with Crippen molar-refractivity contribution in [3.8, 4) is 0 Å². The zero-order valence-corrected chi connectivity index (χ0v) is 16.7. The van der Waals surface area contributed by atoms with E-state index in [1.165, 1.54) is 23.1 Å². The van der Waals surface area contributed by atoms with Crippen LogP contribution in [0.4, 0.5) is 0 Å². The van der Waals surface area contributed by atoms with Crippen LogP contribution in [0.15, 0.2) is 36.7 Å². The quantitative estimate of drug-likeness (QED) is 0.889. The van der Waals surface area contributed by atoms with Crippen LogP contribution in [0.2, 0.25) is 0 Å². The third-order valence-electron chi connectivity index (χ3n) is 7.25. The lowest BCUT2D eigenvalue weighted by molar-refractivity contribution is -0.124. The van der Waals surface area contributed by atoms with Gasteiger partial charge in [-0.3, -0.25) is 14.4 Å². The molecule has 1 saturated carbocycles. The zero-order valence-electron chi connectivity index (χ0n) is 16.7. The molecule has 2 aliphatic carbocycles. The summed E-state index contributed by atoms with van der Waals surface area (Å²) in [6.45, 7) is 3.14. The molecular weight excluding hydrogens is 348 g/mol. The number of rotatable bonds is 4. The molecule has 1 aliphatic heterocycles. The Bertz CT molecular complexity index is 861. The van der Waals surface area contributed by atoms with E-state index in [1.54, 1.807) is 0 Å². The molecule has 1 N–H and O–H groups in total. The number of benzene rings is 1. The number of hydrogen-bond donors (Lipinski definition) is 1. The molecule has 1 aromatic carbocycles. The summed E-state index contributed by atoms with van der Waals surface area (Å²) in [6.07, 6.45) is 10.9. The Balaban J connectivity index is 1.30. The summed E-state index contributed by atoms with van der Waals surface area (Å²) in [5.74, 6) is 0.286. The van der Waals surface area contributed by atoms with Gasteiger partial charge in [-0.15, -0.1) is 0 Å². The van der Waals surface area contributed by atoms with Gasteiger partial charge in [0.15, 0.2) is 0 Å². The highest BCUT2D eigenvalue weighted by atomic mass is 16.2. The fourth-order valence-electron chi connectivity index (χ4n) is 5.41. The summed E-state index contributed by atoms with van der Waals surface area (Å²) in [4.78, 5) is 15.5. The van der Waals surface area contributed by atoms with Gasteiger partial charge >= 0.3 is 0 Å². The number of carbonyl (C=O) groups excluding carboxylic acids is 1. The average molecular weight is 379 g/mol. The van der Waals surface area contributed by atoms with E-state index in [9.17, 15) is 4.79 Å². The van der Waals surface area contributed by atoms with Crippen LogP contribution >= 0.6 is 0 Å². The second kappa shape index (κ2) is 7.03. The van der Waals surface area contributed by atoms with Gasteiger partial charge in [-0.1, -0.05) is 24.3 Å². The van der Waals surface area contributed by atoms with Crippen LogP contribution in [0.1, 0.15) is 61.1 Å². The highest BCUT2D eigenvalue weighted by molar-refractivity contribution is 5.86. The first-order valence-corrected chi connectivity index (χ1v) is 10.7. The number of piperidine rings is 1. The van der Waals surface area contributed by atoms with Crippen LogP contribution in [0.3, 0.4) is 0 Å². The van der Waals surface area contributed by atoms with E-state index in [4.69, 9.17) is 0 Å². The molecule has 1 spiro atoms. The lowest BCUT2D eigenvalue weighted by Crippen LogP contribution is -2.43. The molecule has 1 saturated heterocycles. The largest absolute Gasteiger partial charge is 0.353 e. The molecule has 0 bridgehead atoms. The lowest BCUT2D eigenvalue weighted by atomic mass is 9.73. The predicted octanol–water partition coefficient (Wildman–Crippen LogP) is 3.11. The number of aromatic nitrogens is 2. The Morgan fingerprint density at radius 2 is 2.04 bits per heavy atom. The fourth-order valence-corrected chi connectivity index (χ4v) is 5.41. The number of nitrogens with zero attached hydrogens (tertiary/aromatic N) is 3. The highest BCUT2D eigenvalue weighted by Gasteiger charge is 2.47. The number of carbonyl (C=O) groups is 1. The smallest absolute Gasteiger partial charge is 0.227 e. The predicted molar refractivity (Wildman–Crippen MR) is 109 cm³/mol. The van der Waals surface area contributed by atoms with Crippen molar-refractivity contribution >= 4 is 5.91 Å². The molecule has 2 heterocycles. The van der Waals surface area contributed by atoms with Crippen LogP contribution in [-0.4, -0.2) is 39.7 Å². The summed E-state index contributed by atoms with van der Waals surface area (Å²) < 4.78 is 1.87. The first kappa shape index (κ1) is 17.9. The van der Waals surface area contributed by atoms with E-state index >= 15 is 0 Å². The maximum Gasteiger partial charge on any atom is 0.227 e. The van der Waals surface area contributed by atoms with Gasteiger partial charge in [-0.25, -0.2) is 0 Å². The average Bonchev–Trinajstić information content (AvgIpc) is 3.22. The van der Waals surface area contributed by atoms with Crippen molar-refractivity contribution in [2.45, 2.75) is 62.4 Å². The number of nitrogens with one attached hydrogen (secondary N) is 1. The van der Waals surface area contributed by atoms with Gasteiger partial charge in [0.1, 0.15) is 0 Å². The van der Waals surface area contributed by atoms with Crippen LogP contribution in [0.5, 0.6) is 0 Å². The topological polar surface area (TPSA) is 50.2 Å². The Hall–Kier alpha value is -2.14. The molecule has 2 aromatic rings. The molecule has 1 atom stereocenters. The molecule has 0 radical (unpaired) electrons. The van der Waals surface area contributed by atoms with Crippen molar-refractivity contribution in [1.29, 1.82) is 0 Å². The van der Waals surface area contributed by atoms with E-state index < -0.39 is 0 Å². The normalized spacial score (nSPS) is 24.1. The maximum atomic E-state index is 13.0. The monoisotopic (exact) mass is 378 g/mol. The van der Waals surface area contributed by atoms with Crippen molar-refractivity contribution in [2.75, 3.05) is 13.1 Å². The summed E-state index contributed by atoms with van der Waals surface area (Å²) in [7, 11) is 1.97. The lowest BCUT2D eigenvalue weighted by Gasteiger charge is -2.40. The standard InChI is InChI=1S/C23H30N4O/c1-26-15-17(14-24-26)16-27-11-9-23(10-12-27)13-20(19-7-2-3-8-21(19)23)22(28)25-18-5-4-6-18/h2-3,7-8,14-15,18,20H,4-6,9-13,16H2,1H3,(H,25,28). The van der Waals surface area contributed by atoms with E-state index in [1.807, 2.05) is 17.9 Å². The minimum Gasteiger partial charge on any atom is -0.353 e. The molecular formula is C23H30N4O. The minimum absolute atomic E-state index is 0.0293. The van der Waals surface area contributed by atoms with Crippen molar-refractivity contribution in [1.82, 2.24) is 20.0 Å². The molecule has 3 aliphatic rings. The van der Waals surface area contributed by atoms with E-state index in [2.05, 4.69) is 45.8 Å². The van der Waals surface area contributed by atoms with Crippen molar-refractivity contribution in [3.63, 3.8) is 0 Å². The first-order valence-electron chi connectivity index (χ1n) is 10.7. The Morgan fingerprint density at radius 1 is 1.25 bits per heavy atom. The summed E-state index contributed by atoms with van der Waals surface area (Å²) >= 11 is 0. The zero-order chi connectivity index (χ0) is 19.1. The fraction of sp³-hybridized carbons (Fsp3) is 0.565. The molecule has 5 nitrogen and oxygen atoms in total. The molecule has 1 unspecified atom stereocenters. The molecule has 2 fully saturated rings. The van der Waals surface area contributed by atoms with Gasteiger partial charge in [-0.05, 0) is 68.2 Å². The molecule has 148 valence electrons. The number of likely N-dealkylation sites (tertiary alicyclic amines) is 1. The van der Waals surface area contributed by atoms with E-state index in [0.29, 0.717) is 6.04 Å². The molecule has 28 heavy (non-hydrogen) atoms. The van der Waals surface area contributed by atoms with Gasteiger partial charge in [0.25, 0.3) is 0 Å². The van der Waals surface area contributed by atoms with Crippen molar-refractivity contribution in [3.05, 3.63) is 53.3 Å². The molecule has 5 heteroatoms. The summed E-state index contributed by atoms with van der Waals surface area (Å²) in [5, 5.41) is 7.60. The number of hydrogen-bond acceptors (Lipinski definition) is 3. The van der Waals surface area contributed by atoms with Crippen molar-refractivity contribution in [2.24, 2.45) is 7.05 Å². The van der Waals surface area contributed by atoms with Gasteiger partial charge in [0.2, 0.25) is 5.91 Å². The van der Waals surface area contributed by atoms with E-state index in [-0.39, 0.29) is 17.2 Å². The third-order valence-corrected chi connectivity index (χ3v) is 7.25. The molecule has 1 aromatic heterocycles. The Labute approximate surface area is 167 Å². The first-order chi connectivity index (χ1) is 13.6. The number of amides is 1. The van der Waals surface area contributed by atoms with Gasteiger partial charge in [0.05, 0.1) is 12.1 Å². The van der Waals surface area contributed by atoms with Crippen LogP contribution in [-0.2, 0) is 23.8 Å². The van der Waals surface area contributed by atoms with E-state index in [0.717, 1.165) is 51.7 Å². The number of aryl methyl sites for hydroxylation is 1. The molecule has 1 amide bonds. The second-order valence-electron chi connectivity index (χ2n) is 9.06. The summed E-state index contributed by atoms with van der Waals surface area (Å²) in [6, 6.07) is 9.13. The second-order valence-corrected chi connectivity index (χ2v) is 9.06. The Morgan fingerprint density at radius 3 is 2.71 bits per heavy atom. The highest BCUT2D eigenvalue weighted by Crippen LogP contribution is 2.51. The third kappa shape index (κ3) is 3.16. The van der Waals surface area contributed by atoms with Crippen LogP contribution in [0, 0.1) is 0 Å². The summed E-state index contributed by atoms with van der Waals surface area (Å²) in [5.41, 5.74) is 4.16. The number of fused-ring (bicyclic) bond motifs is 2. The maximum absolute atomic E-state index is 13.0. The molecule has 5 rings (SSSR count). The SMILES string of the molecule is Cn1cc(CN2CCC3(CC2)CC(C(=O)NC2CCC2)c2ccccc23)cn1. The van der Waals surface area contributed by atoms with Gasteiger partial charge in [0, 0.05) is 31.4 Å². The minimum atomic E-state index is 0.0293.